The first-order valence-electron chi connectivity index (χ1n) is 10.0. The van der Waals surface area contributed by atoms with Gasteiger partial charge in [-0.3, -0.25) is 4.68 Å². The second-order valence-corrected chi connectivity index (χ2v) is 7.72. The third-order valence-electron chi connectivity index (χ3n) is 5.61. The van der Waals surface area contributed by atoms with Crippen LogP contribution >= 0.6 is 0 Å². The maximum Gasteiger partial charge on any atom is 0.266 e. The predicted molar refractivity (Wildman–Crippen MR) is 112 cm³/mol. The van der Waals surface area contributed by atoms with Gasteiger partial charge in [-0.25, -0.2) is 18.7 Å². The Kier molecular flexibility index (Phi) is 4.42. The fraction of sp³-hybridized carbons (Fsp3) is 0.400. The van der Waals surface area contributed by atoms with Crippen LogP contribution in [0.3, 0.4) is 0 Å². The molecule has 5 rings (SSSR count). The Bertz CT molecular complexity index is 1270. The number of methoxy groups -OCH3 is 1. The molecule has 0 spiro atoms. The Morgan fingerprint density at radius 3 is 2.87 bits per heavy atom. The number of benzene rings is 1. The van der Waals surface area contributed by atoms with Gasteiger partial charge in [0, 0.05) is 37.0 Å². The number of nitrogens with zero attached hydrogens (tertiary/aromatic N) is 7. The Morgan fingerprint density at radius 1 is 1.29 bits per heavy atom. The number of rotatable bonds is 4. The van der Waals surface area contributed by atoms with E-state index in [1.807, 2.05) is 19.1 Å². The summed E-state index contributed by atoms with van der Waals surface area (Å²) in [6.45, 7) is 2.61. The van der Waals surface area contributed by atoms with Crippen LogP contribution in [0.4, 0.5) is 20.4 Å². The van der Waals surface area contributed by atoms with Crippen LogP contribution in [0.2, 0.25) is 0 Å². The van der Waals surface area contributed by atoms with Gasteiger partial charge in [0.25, 0.3) is 5.92 Å². The molecule has 1 aromatic carbocycles. The van der Waals surface area contributed by atoms with Crippen molar-refractivity contribution in [2.75, 3.05) is 30.8 Å². The minimum absolute atomic E-state index is 0.120. The Labute approximate surface area is 176 Å². The standard InChI is InChI=1S/C20H22F2N8O/c1-3-29-10-13(8-24-29)28-9-12(7-20(21,22)11-28)17-26-18-14-5-4-6-15(31-2)16(14)25-19(23)30(18)27-17/h4-6,8,10,12H,3,7,9,11H2,1-2H3,(H2,23,25)/t12-/m1/s1. The topological polar surface area (TPSA) is 99.4 Å². The molecular weight excluding hydrogens is 406 g/mol. The van der Waals surface area contributed by atoms with Crippen LogP contribution in [0, 0.1) is 0 Å². The molecule has 0 bridgehead atoms. The fourth-order valence-electron chi connectivity index (χ4n) is 4.14. The van der Waals surface area contributed by atoms with Crippen molar-refractivity contribution in [1.29, 1.82) is 0 Å². The van der Waals surface area contributed by atoms with Gasteiger partial charge in [-0.2, -0.15) is 9.61 Å². The van der Waals surface area contributed by atoms with Crippen LogP contribution in [0.1, 0.15) is 25.1 Å². The lowest BCUT2D eigenvalue weighted by atomic mass is 9.94. The quantitative estimate of drug-likeness (QED) is 0.534. The molecule has 162 valence electrons. The molecule has 1 fully saturated rings. The van der Waals surface area contributed by atoms with Gasteiger partial charge in [0.1, 0.15) is 11.3 Å². The highest BCUT2D eigenvalue weighted by molar-refractivity contribution is 5.95. The van der Waals surface area contributed by atoms with E-state index in [4.69, 9.17) is 10.5 Å². The van der Waals surface area contributed by atoms with Gasteiger partial charge in [0.05, 0.1) is 25.5 Å². The van der Waals surface area contributed by atoms with Crippen LogP contribution in [0.15, 0.2) is 30.6 Å². The van der Waals surface area contributed by atoms with Crippen molar-refractivity contribution in [3.63, 3.8) is 0 Å². The summed E-state index contributed by atoms with van der Waals surface area (Å²) in [5, 5.41) is 9.35. The first kappa shape index (κ1) is 19.5. The van der Waals surface area contributed by atoms with Gasteiger partial charge in [-0.05, 0) is 19.1 Å². The van der Waals surface area contributed by atoms with Gasteiger partial charge >= 0.3 is 0 Å². The molecule has 1 aliphatic heterocycles. The number of para-hydroxylation sites is 1. The smallest absolute Gasteiger partial charge is 0.266 e. The van der Waals surface area contributed by atoms with E-state index in [9.17, 15) is 8.78 Å². The van der Waals surface area contributed by atoms with Crippen molar-refractivity contribution in [2.45, 2.75) is 31.7 Å². The summed E-state index contributed by atoms with van der Waals surface area (Å²) < 4.78 is 37.8. The zero-order chi connectivity index (χ0) is 21.8. The van der Waals surface area contributed by atoms with E-state index in [2.05, 4.69) is 20.2 Å². The lowest BCUT2D eigenvalue weighted by Crippen LogP contribution is -2.46. The third kappa shape index (κ3) is 3.29. The van der Waals surface area contributed by atoms with Gasteiger partial charge in [0.15, 0.2) is 11.5 Å². The number of nitrogens with two attached hydrogens (primary N) is 1. The van der Waals surface area contributed by atoms with E-state index in [0.29, 0.717) is 46.9 Å². The van der Waals surface area contributed by atoms with Crippen molar-refractivity contribution < 1.29 is 13.5 Å². The molecule has 4 heterocycles. The first-order chi connectivity index (χ1) is 14.9. The third-order valence-corrected chi connectivity index (χ3v) is 5.61. The highest BCUT2D eigenvalue weighted by Crippen LogP contribution is 2.38. The summed E-state index contributed by atoms with van der Waals surface area (Å²) in [7, 11) is 1.55. The molecule has 11 heteroatoms. The summed E-state index contributed by atoms with van der Waals surface area (Å²) >= 11 is 0. The van der Waals surface area contributed by atoms with Crippen molar-refractivity contribution in [1.82, 2.24) is 29.4 Å². The summed E-state index contributed by atoms with van der Waals surface area (Å²) in [6.07, 6.45) is 3.05. The van der Waals surface area contributed by atoms with E-state index in [0.717, 1.165) is 0 Å². The molecule has 0 unspecified atom stereocenters. The van der Waals surface area contributed by atoms with Crippen LogP contribution in [0.25, 0.3) is 16.6 Å². The Balaban J connectivity index is 1.57. The average molecular weight is 428 g/mol. The van der Waals surface area contributed by atoms with Crippen LogP contribution in [-0.2, 0) is 6.54 Å². The van der Waals surface area contributed by atoms with Crippen molar-refractivity contribution >= 4 is 28.2 Å². The van der Waals surface area contributed by atoms with Gasteiger partial charge < -0.3 is 15.4 Å². The molecule has 0 saturated carbocycles. The zero-order valence-corrected chi connectivity index (χ0v) is 17.2. The molecule has 9 nitrogen and oxygen atoms in total. The number of anilines is 2. The molecule has 0 amide bonds. The molecule has 0 radical (unpaired) electrons. The Hall–Kier alpha value is -3.50. The van der Waals surface area contributed by atoms with E-state index >= 15 is 0 Å². The summed E-state index contributed by atoms with van der Waals surface area (Å²) in [5.74, 6) is -2.47. The fourth-order valence-corrected chi connectivity index (χ4v) is 4.14. The number of hydrogen-bond donors (Lipinski definition) is 1. The van der Waals surface area contributed by atoms with Gasteiger partial charge in [0.2, 0.25) is 5.95 Å². The van der Waals surface area contributed by atoms with Crippen molar-refractivity contribution in [3.05, 3.63) is 36.4 Å². The second kappa shape index (κ2) is 7.03. The lowest BCUT2D eigenvalue weighted by molar-refractivity contribution is -0.0191. The summed E-state index contributed by atoms with van der Waals surface area (Å²) in [5.41, 5.74) is 7.78. The maximum absolute atomic E-state index is 14.7. The number of aromatic nitrogens is 6. The lowest BCUT2D eigenvalue weighted by Gasteiger charge is -2.37. The first-order valence-corrected chi connectivity index (χ1v) is 10.0. The molecule has 3 aromatic heterocycles. The predicted octanol–water partition coefficient (Wildman–Crippen LogP) is 2.71. The van der Waals surface area contributed by atoms with E-state index in [-0.39, 0.29) is 18.9 Å². The van der Waals surface area contributed by atoms with E-state index < -0.39 is 11.8 Å². The molecule has 1 aliphatic rings. The second-order valence-electron chi connectivity index (χ2n) is 7.72. The van der Waals surface area contributed by atoms with Crippen LogP contribution < -0.4 is 15.4 Å². The van der Waals surface area contributed by atoms with E-state index in [1.165, 1.54) is 4.52 Å². The highest BCUT2D eigenvalue weighted by atomic mass is 19.3. The van der Waals surface area contributed by atoms with Gasteiger partial charge in [-0.15, -0.1) is 5.10 Å². The number of halogens is 2. The minimum Gasteiger partial charge on any atom is -0.494 e. The normalized spacial score (nSPS) is 18.7. The van der Waals surface area contributed by atoms with Crippen LogP contribution in [-0.4, -0.2) is 55.5 Å². The SMILES string of the molecule is CCn1cc(N2C[C@H](c3nc4c5cccc(OC)c5nc(N)n4n3)CC(F)(F)C2)cn1. The molecule has 4 aromatic rings. The number of piperidine rings is 1. The van der Waals surface area contributed by atoms with Crippen molar-refractivity contribution in [3.8, 4) is 5.75 Å². The average Bonchev–Trinajstić information content (AvgIpc) is 3.40. The summed E-state index contributed by atoms with van der Waals surface area (Å²) in [6, 6.07) is 5.42. The number of ether oxygens (including phenoxy) is 1. The van der Waals surface area contributed by atoms with Gasteiger partial charge in [-0.1, -0.05) is 6.07 Å². The van der Waals surface area contributed by atoms with E-state index in [1.54, 1.807) is 35.2 Å². The molecular formula is C20H22F2N8O. The molecule has 1 saturated heterocycles. The number of fused-ring (bicyclic) bond motifs is 3. The van der Waals surface area contributed by atoms with Crippen molar-refractivity contribution in [2.24, 2.45) is 0 Å². The molecule has 2 N–H and O–H groups in total. The largest absolute Gasteiger partial charge is 0.494 e. The number of nitrogen functional groups attached to an aromatic ring is 1. The minimum atomic E-state index is -2.89. The molecule has 0 aliphatic carbocycles. The highest BCUT2D eigenvalue weighted by Gasteiger charge is 2.42. The number of aryl methyl sites for hydroxylation is 1. The molecule has 1 atom stereocenters. The number of alkyl halides is 2. The van der Waals surface area contributed by atoms with Crippen LogP contribution in [0.5, 0.6) is 5.75 Å². The Morgan fingerprint density at radius 2 is 2.13 bits per heavy atom. The maximum atomic E-state index is 14.7. The number of hydrogen-bond acceptors (Lipinski definition) is 7. The zero-order valence-electron chi connectivity index (χ0n) is 17.2. The molecule has 31 heavy (non-hydrogen) atoms. The monoisotopic (exact) mass is 428 g/mol. The summed E-state index contributed by atoms with van der Waals surface area (Å²) in [4.78, 5) is 10.6.